The van der Waals surface area contributed by atoms with E-state index in [4.69, 9.17) is 0 Å². The highest BCUT2D eigenvalue weighted by Crippen LogP contribution is 2.33. The smallest absolute Gasteiger partial charge is 0.313 e. The van der Waals surface area contributed by atoms with Gasteiger partial charge in [0.1, 0.15) is 0 Å². The molecule has 0 saturated heterocycles. The SMILES string of the molecule is Cc1ccc2c(C(C)(C)C(=O)O)c(C)[nH]c2c1. The lowest BCUT2D eigenvalue weighted by atomic mass is 9.83. The molecule has 0 aliphatic heterocycles. The zero-order valence-corrected chi connectivity index (χ0v) is 10.6. The van der Waals surface area contributed by atoms with Crippen molar-refractivity contribution in [3.8, 4) is 0 Å². The van der Waals surface area contributed by atoms with Crippen molar-refractivity contribution in [2.75, 3.05) is 0 Å². The predicted molar refractivity (Wildman–Crippen MR) is 68.4 cm³/mol. The van der Waals surface area contributed by atoms with Crippen LogP contribution in [0.3, 0.4) is 0 Å². The normalized spacial score (nSPS) is 12.0. The van der Waals surface area contributed by atoms with Crippen LogP contribution < -0.4 is 0 Å². The fraction of sp³-hybridized carbons (Fsp3) is 0.357. The molecule has 17 heavy (non-hydrogen) atoms. The minimum absolute atomic E-state index is 0.804. The third-order valence-electron chi connectivity index (χ3n) is 3.30. The number of H-pyrrole nitrogens is 1. The lowest BCUT2D eigenvalue weighted by Gasteiger charge is -2.20. The Hall–Kier alpha value is -1.77. The van der Waals surface area contributed by atoms with Gasteiger partial charge in [-0.2, -0.15) is 0 Å². The van der Waals surface area contributed by atoms with E-state index in [2.05, 4.69) is 4.98 Å². The van der Waals surface area contributed by atoms with E-state index in [-0.39, 0.29) is 0 Å². The van der Waals surface area contributed by atoms with Gasteiger partial charge in [-0.3, -0.25) is 4.79 Å². The van der Waals surface area contributed by atoms with Gasteiger partial charge in [-0.25, -0.2) is 0 Å². The van der Waals surface area contributed by atoms with Crippen molar-refractivity contribution in [3.63, 3.8) is 0 Å². The molecule has 0 unspecified atom stereocenters. The molecule has 90 valence electrons. The molecular formula is C14H17NO2. The van der Waals surface area contributed by atoms with Crippen molar-refractivity contribution >= 4 is 16.9 Å². The highest BCUT2D eigenvalue weighted by atomic mass is 16.4. The van der Waals surface area contributed by atoms with Gasteiger partial charge in [0.25, 0.3) is 0 Å². The first kappa shape index (κ1) is 11.7. The van der Waals surface area contributed by atoms with E-state index in [0.29, 0.717) is 0 Å². The number of benzene rings is 1. The van der Waals surface area contributed by atoms with Crippen molar-refractivity contribution < 1.29 is 9.90 Å². The number of carboxylic acid groups (broad SMARTS) is 1. The molecule has 0 bridgehead atoms. The Bertz CT molecular complexity index is 594. The molecule has 0 spiro atoms. The number of aryl methyl sites for hydroxylation is 2. The Labute approximate surface area is 100 Å². The second-order valence-corrected chi connectivity index (χ2v) is 5.10. The first-order valence-corrected chi connectivity index (χ1v) is 5.67. The Kier molecular flexibility index (Phi) is 2.49. The number of hydrogen-bond donors (Lipinski definition) is 2. The van der Waals surface area contributed by atoms with Crippen molar-refractivity contribution in [1.29, 1.82) is 0 Å². The molecule has 1 heterocycles. The number of fused-ring (bicyclic) bond motifs is 1. The number of aliphatic carboxylic acids is 1. The van der Waals surface area contributed by atoms with Gasteiger partial charge in [0.05, 0.1) is 5.41 Å². The highest BCUT2D eigenvalue weighted by molar-refractivity contribution is 5.93. The number of hydrogen-bond acceptors (Lipinski definition) is 1. The summed E-state index contributed by atoms with van der Waals surface area (Å²) in [6, 6.07) is 6.05. The van der Waals surface area contributed by atoms with E-state index in [1.54, 1.807) is 13.8 Å². The van der Waals surface area contributed by atoms with Crippen molar-refractivity contribution in [2.45, 2.75) is 33.1 Å². The number of nitrogens with one attached hydrogen (secondary N) is 1. The molecule has 0 radical (unpaired) electrons. The van der Waals surface area contributed by atoms with Crippen LogP contribution in [0.25, 0.3) is 10.9 Å². The van der Waals surface area contributed by atoms with Crippen molar-refractivity contribution in [3.05, 3.63) is 35.0 Å². The summed E-state index contributed by atoms with van der Waals surface area (Å²) in [5, 5.41) is 10.3. The first-order valence-electron chi connectivity index (χ1n) is 5.67. The second kappa shape index (κ2) is 3.62. The molecule has 2 N–H and O–H groups in total. The van der Waals surface area contributed by atoms with Crippen LogP contribution in [-0.2, 0) is 10.2 Å². The van der Waals surface area contributed by atoms with E-state index >= 15 is 0 Å². The molecule has 2 aromatic rings. The van der Waals surface area contributed by atoms with Crippen LogP contribution in [0.4, 0.5) is 0 Å². The average Bonchev–Trinajstić information content (AvgIpc) is 2.53. The largest absolute Gasteiger partial charge is 0.481 e. The molecule has 1 aromatic heterocycles. The Morgan fingerprint density at radius 1 is 1.29 bits per heavy atom. The highest BCUT2D eigenvalue weighted by Gasteiger charge is 2.33. The molecule has 0 amide bonds. The molecule has 2 rings (SSSR count). The molecule has 0 saturated carbocycles. The minimum atomic E-state index is -0.877. The summed E-state index contributed by atoms with van der Waals surface area (Å²) >= 11 is 0. The van der Waals surface area contributed by atoms with Gasteiger partial charge in [0.2, 0.25) is 0 Å². The van der Waals surface area contributed by atoms with Crippen LogP contribution in [0.1, 0.15) is 30.7 Å². The molecule has 0 aliphatic rings. The predicted octanol–water partition coefficient (Wildman–Crippen LogP) is 3.15. The molecular weight excluding hydrogens is 214 g/mol. The zero-order chi connectivity index (χ0) is 12.8. The van der Waals surface area contributed by atoms with Crippen LogP contribution in [-0.4, -0.2) is 16.1 Å². The molecule has 3 nitrogen and oxygen atoms in total. The van der Waals surface area contributed by atoms with Crippen LogP contribution in [0, 0.1) is 13.8 Å². The maximum absolute atomic E-state index is 11.4. The van der Waals surface area contributed by atoms with Gasteiger partial charge in [-0.15, -0.1) is 0 Å². The first-order chi connectivity index (χ1) is 7.84. The number of carbonyl (C=O) groups is 1. The van der Waals surface area contributed by atoms with Crippen LogP contribution in [0.15, 0.2) is 18.2 Å². The monoisotopic (exact) mass is 231 g/mol. The lowest BCUT2D eigenvalue weighted by molar-refractivity contribution is -0.142. The van der Waals surface area contributed by atoms with Gasteiger partial charge >= 0.3 is 5.97 Å². The van der Waals surface area contributed by atoms with Crippen LogP contribution in [0.2, 0.25) is 0 Å². The summed E-state index contributed by atoms with van der Waals surface area (Å²) in [6.07, 6.45) is 0. The second-order valence-electron chi connectivity index (χ2n) is 5.10. The third kappa shape index (κ3) is 1.71. The summed E-state index contributed by atoms with van der Waals surface area (Å²) in [6.45, 7) is 7.43. The van der Waals surface area contributed by atoms with Gasteiger partial charge in [0, 0.05) is 16.6 Å². The fourth-order valence-corrected chi connectivity index (χ4v) is 2.36. The van der Waals surface area contributed by atoms with E-state index in [1.807, 2.05) is 32.0 Å². The molecule has 0 aliphatic carbocycles. The summed E-state index contributed by atoms with van der Waals surface area (Å²) in [7, 11) is 0. The Balaban J connectivity index is 2.78. The van der Waals surface area contributed by atoms with Crippen LogP contribution in [0.5, 0.6) is 0 Å². The zero-order valence-electron chi connectivity index (χ0n) is 10.6. The maximum Gasteiger partial charge on any atom is 0.313 e. The average molecular weight is 231 g/mol. The van der Waals surface area contributed by atoms with E-state index in [9.17, 15) is 9.90 Å². The van der Waals surface area contributed by atoms with E-state index in [1.165, 1.54) is 5.56 Å². The number of carboxylic acids is 1. The number of aromatic amines is 1. The van der Waals surface area contributed by atoms with Crippen molar-refractivity contribution in [1.82, 2.24) is 4.98 Å². The van der Waals surface area contributed by atoms with Gasteiger partial charge in [-0.05, 0) is 44.9 Å². The Morgan fingerprint density at radius 2 is 1.94 bits per heavy atom. The lowest BCUT2D eigenvalue weighted by Crippen LogP contribution is -2.29. The molecule has 1 aromatic carbocycles. The topological polar surface area (TPSA) is 53.1 Å². The summed E-state index contributed by atoms with van der Waals surface area (Å²) in [5.74, 6) is -0.804. The minimum Gasteiger partial charge on any atom is -0.481 e. The molecule has 3 heteroatoms. The number of aromatic nitrogens is 1. The Morgan fingerprint density at radius 3 is 2.53 bits per heavy atom. The summed E-state index contributed by atoms with van der Waals surface area (Å²) in [5.41, 5.74) is 3.10. The maximum atomic E-state index is 11.4. The van der Waals surface area contributed by atoms with Gasteiger partial charge in [-0.1, -0.05) is 12.1 Å². The van der Waals surface area contributed by atoms with Gasteiger partial charge < -0.3 is 10.1 Å². The summed E-state index contributed by atoms with van der Waals surface area (Å²) < 4.78 is 0. The summed E-state index contributed by atoms with van der Waals surface area (Å²) in [4.78, 5) is 14.6. The van der Waals surface area contributed by atoms with Crippen molar-refractivity contribution in [2.24, 2.45) is 0 Å². The molecule has 0 fully saturated rings. The fourth-order valence-electron chi connectivity index (χ4n) is 2.36. The third-order valence-corrected chi connectivity index (χ3v) is 3.30. The van der Waals surface area contributed by atoms with E-state index < -0.39 is 11.4 Å². The van der Waals surface area contributed by atoms with E-state index in [0.717, 1.165) is 22.2 Å². The number of rotatable bonds is 2. The van der Waals surface area contributed by atoms with Crippen LogP contribution >= 0.6 is 0 Å². The standard InChI is InChI=1S/C14H17NO2/c1-8-5-6-10-11(7-8)15-9(2)12(10)14(3,4)13(16)17/h5-7,15H,1-4H3,(H,16,17). The molecule has 0 atom stereocenters. The van der Waals surface area contributed by atoms with Gasteiger partial charge in [0.15, 0.2) is 0 Å². The quantitative estimate of drug-likeness (QED) is 0.834.